The van der Waals surface area contributed by atoms with Crippen molar-refractivity contribution in [1.82, 2.24) is 10.3 Å². The minimum atomic E-state index is -0.309. The van der Waals surface area contributed by atoms with Crippen LogP contribution in [0, 0.1) is 5.82 Å². The number of rotatable bonds is 11. The molecule has 0 bridgehead atoms. The lowest BCUT2D eigenvalue weighted by Crippen LogP contribution is -2.16. The van der Waals surface area contributed by atoms with Gasteiger partial charge in [-0.15, -0.1) is 0 Å². The highest BCUT2D eigenvalue weighted by Gasteiger charge is 2.21. The van der Waals surface area contributed by atoms with Crippen molar-refractivity contribution in [2.24, 2.45) is 0 Å². The summed E-state index contributed by atoms with van der Waals surface area (Å²) in [5, 5.41) is 3.31. The monoisotopic (exact) mass is 294 g/mol. The quantitative estimate of drug-likeness (QED) is 0.621. The third-order valence-electron chi connectivity index (χ3n) is 3.83. The molecule has 1 N–H and O–H groups in total. The summed E-state index contributed by atoms with van der Waals surface area (Å²) in [7, 11) is 0. The number of hydrogen-bond acceptors (Lipinski definition) is 3. The lowest BCUT2D eigenvalue weighted by molar-refractivity contribution is 0.276. The highest BCUT2D eigenvalue weighted by Crippen LogP contribution is 2.22. The Balaban J connectivity index is 1.68. The van der Waals surface area contributed by atoms with Crippen molar-refractivity contribution in [3.63, 3.8) is 0 Å². The van der Waals surface area contributed by atoms with Crippen LogP contribution >= 0.6 is 0 Å². The van der Waals surface area contributed by atoms with E-state index in [1.54, 1.807) is 12.3 Å². The predicted octanol–water partition coefficient (Wildman–Crippen LogP) is 4.21. The Morgan fingerprint density at radius 3 is 2.76 bits per heavy atom. The van der Waals surface area contributed by atoms with Gasteiger partial charge in [0.15, 0.2) is 5.82 Å². The van der Waals surface area contributed by atoms with Crippen LogP contribution in [0.1, 0.15) is 63.9 Å². The Labute approximate surface area is 127 Å². The van der Waals surface area contributed by atoms with Crippen LogP contribution in [-0.2, 0) is 6.54 Å². The summed E-state index contributed by atoms with van der Waals surface area (Å²) in [4.78, 5) is 4.00. The van der Waals surface area contributed by atoms with Gasteiger partial charge in [-0.05, 0) is 25.3 Å². The summed E-state index contributed by atoms with van der Waals surface area (Å²) >= 11 is 0. The summed E-state index contributed by atoms with van der Waals surface area (Å²) in [5.41, 5.74) is 0.648. The summed E-state index contributed by atoms with van der Waals surface area (Å²) in [6.07, 6.45) is 11.2. The zero-order valence-electron chi connectivity index (χ0n) is 13.0. The normalized spacial score (nSPS) is 14.4. The molecule has 1 saturated carbocycles. The molecular weight excluding hydrogens is 267 g/mol. The van der Waals surface area contributed by atoms with E-state index in [-0.39, 0.29) is 11.7 Å². The number of hydrogen-bond donors (Lipinski definition) is 1. The molecule has 0 unspecified atom stereocenters. The molecule has 1 aliphatic carbocycles. The fourth-order valence-corrected chi connectivity index (χ4v) is 2.29. The average molecular weight is 294 g/mol. The fourth-order valence-electron chi connectivity index (χ4n) is 2.29. The Hall–Kier alpha value is -1.16. The maximum Gasteiger partial charge on any atom is 0.250 e. The largest absolute Gasteiger partial charge is 0.476 e. The average Bonchev–Trinajstić information content (AvgIpc) is 3.31. The van der Waals surface area contributed by atoms with Gasteiger partial charge < -0.3 is 10.1 Å². The molecule has 0 atom stereocenters. The summed E-state index contributed by atoms with van der Waals surface area (Å²) in [6.45, 7) is 3.32. The molecule has 4 heteroatoms. The van der Waals surface area contributed by atoms with Crippen molar-refractivity contribution in [3.05, 3.63) is 23.6 Å². The topological polar surface area (TPSA) is 34.1 Å². The van der Waals surface area contributed by atoms with Gasteiger partial charge in [-0.3, -0.25) is 0 Å². The smallest absolute Gasteiger partial charge is 0.250 e. The van der Waals surface area contributed by atoms with Crippen LogP contribution < -0.4 is 10.1 Å². The van der Waals surface area contributed by atoms with Crippen molar-refractivity contribution in [2.45, 2.75) is 70.9 Å². The van der Waals surface area contributed by atoms with Crippen LogP contribution in [0.15, 0.2) is 12.3 Å². The molecular formula is C17H27FN2O. The second kappa shape index (κ2) is 8.98. The van der Waals surface area contributed by atoms with E-state index in [0.717, 1.165) is 12.8 Å². The second-order valence-electron chi connectivity index (χ2n) is 5.86. The lowest BCUT2D eigenvalue weighted by atomic mass is 10.1. The van der Waals surface area contributed by atoms with Crippen molar-refractivity contribution in [3.8, 4) is 5.88 Å². The standard InChI is InChI=1S/C17H27FN2O/c1-2-3-4-5-6-7-12-21-17-16(18)14(10-11-19-17)13-20-15-8-9-15/h10-11,15,20H,2-9,12-13H2,1H3. The number of nitrogens with zero attached hydrogens (tertiary/aromatic N) is 1. The number of pyridine rings is 1. The van der Waals surface area contributed by atoms with Crippen LogP contribution in [-0.4, -0.2) is 17.6 Å². The maximum atomic E-state index is 14.2. The molecule has 0 aromatic carbocycles. The zero-order valence-corrected chi connectivity index (χ0v) is 13.0. The van der Waals surface area contributed by atoms with Gasteiger partial charge in [-0.2, -0.15) is 0 Å². The molecule has 0 amide bonds. The van der Waals surface area contributed by atoms with Gasteiger partial charge in [-0.25, -0.2) is 9.37 Å². The van der Waals surface area contributed by atoms with Crippen LogP contribution in [0.3, 0.4) is 0 Å². The first-order valence-electron chi connectivity index (χ1n) is 8.30. The second-order valence-corrected chi connectivity index (χ2v) is 5.86. The molecule has 0 spiro atoms. The van der Waals surface area contributed by atoms with E-state index in [1.165, 1.54) is 38.5 Å². The van der Waals surface area contributed by atoms with Gasteiger partial charge in [0.25, 0.3) is 5.88 Å². The first-order valence-corrected chi connectivity index (χ1v) is 8.30. The van der Waals surface area contributed by atoms with E-state index in [0.29, 0.717) is 24.8 Å². The van der Waals surface area contributed by atoms with Crippen molar-refractivity contribution in [2.75, 3.05) is 6.61 Å². The molecule has 1 fully saturated rings. The first-order chi connectivity index (χ1) is 10.3. The highest BCUT2D eigenvalue weighted by molar-refractivity contribution is 5.23. The highest BCUT2D eigenvalue weighted by atomic mass is 19.1. The Bertz CT molecular complexity index is 421. The van der Waals surface area contributed by atoms with Crippen molar-refractivity contribution < 1.29 is 9.13 Å². The van der Waals surface area contributed by atoms with Gasteiger partial charge in [0.05, 0.1) is 6.61 Å². The van der Waals surface area contributed by atoms with Crippen LogP contribution in [0.25, 0.3) is 0 Å². The molecule has 0 aliphatic heterocycles. The maximum absolute atomic E-state index is 14.2. The molecule has 2 rings (SSSR count). The van der Waals surface area contributed by atoms with E-state index in [2.05, 4.69) is 17.2 Å². The van der Waals surface area contributed by atoms with E-state index in [1.807, 2.05) is 0 Å². The minimum absolute atomic E-state index is 0.152. The predicted molar refractivity (Wildman–Crippen MR) is 82.9 cm³/mol. The molecule has 3 nitrogen and oxygen atoms in total. The van der Waals surface area contributed by atoms with Gasteiger partial charge in [0, 0.05) is 24.3 Å². The number of ether oxygens (including phenoxy) is 1. The molecule has 1 aliphatic rings. The molecule has 118 valence electrons. The van der Waals surface area contributed by atoms with Gasteiger partial charge >= 0.3 is 0 Å². The van der Waals surface area contributed by atoms with E-state index >= 15 is 0 Å². The third-order valence-corrected chi connectivity index (χ3v) is 3.83. The van der Waals surface area contributed by atoms with Crippen molar-refractivity contribution in [1.29, 1.82) is 0 Å². The van der Waals surface area contributed by atoms with E-state index in [9.17, 15) is 4.39 Å². The Morgan fingerprint density at radius 1 is 1.24 bits per heavy atom. The van der Waals surface area contributed by atoms with Crippen molar-refractivity contribution >= 4 is 0 Å². The first kappa shape index (κ1) is 16.2. The minimum Gasteiger partial charge on any atom is -0.476 e. The molecule has 0 saturated heterocycles. The molecule has 1 aromatic heterocycles. The Kier molecular flexibility index (Phi) is 6.93. The SMILES string of the molecule is CCCCCCCCOc1nccc(CNC2CC2)c1F. The molecule has 1 heterocycles. The molecule has 21 heavy (non-hydrogen) atoms. The number of unbranched alkanes of at least 4 members (excludes halogenated alkanes) is 5. The van der Waals surface area contributed by atoms with Gasteiger partial charge in [0.2, 0.25) is 0 Å². The number of nitrogens with one attached hydrogen (secondary N) is 1. The fraction of sp³-hybridized carbons (Fsp3) is 0.706. The van der Waals surface area contributed by atoms with Crippen LogP contribution in [0.5, 0.6) is 5.88 Å². The summed E-state index contributed by atoms with van der Waals surface area (Å²) in [6, 6.07) is 2.30. The van der Waals surface area contributed by atoms with Gasteiger partial charge in [0.1, 0.15) is 0 Å². The lowest BCUT2D eigenvalue weighted by Gasteiger charge is -2.09. The number of halogens is 1. The van der Waals surface area contributed by atoms with E-state index in [4.69, 9.17) is 4.74 Å². The van der Waals surface area contributed by atoms with Crippen LogP contribution in [0.4, 0.5) is 4.39 Å². The van der Waals surface area contributed by atoms with E-state index < -0.39 is 0 Å². The summed E-state index contributed by atoms with van der Waals surface area (Å²) in [5.74, 6) is -0.157. The molecule has 1 aromatic rings. The van der Waals surface area contributed by atoms with Crippen LogP contribution in [0.2, 0.25) is 0 Å². The van der Waals surface area contributed by atoms with Gasteiger partial charge in [-0.1, -0.05) is 39.0 Å². The molecule has 0 radical (unpaired) electrons. The summed E-state index contributed by atoms with van der Waals surface area (Å²) < 4.78 is 19.7. The Morgan fingerprint density at radius 2 is 2.00 bits per heavy atom. The number of aromatic nitrogens is 1. The third kappa shape index (κ3) is 6.00. The zero-order chi connectivity index (χ0) is 14.9.